The average molecular weight is 376 g/mol. The van der Waals surface area contributed by atoms with Crippen LogP contribution in [0.3, 0.4) is 0 Å². The van der Waals surface area contributed by atoms with Gasteiger partial charge in [-0.3, -0.25) is 9.59 Å². The third-order valence-electron chi connectivity index (χ3n) is 3.64. The summed E-state index contributed by atoms with van der Waals surface area (Å²) >= 11 is 0. The highest BCUT2D eigenvalue weighted by Crippen LogP contribution is 2.29. The Labute approximate surface area is 165 Å². The van der Waals surface area contributed by atoms with E-state index >= 15 is 0 Å². The van der Waals surface area contributed by atoms with Crippen LogP contribution in [0.4, 0.5) is 0 Å². The zero-order valence-electron chi connectivity index (χ0n) is 15.7. The molecular formula is C23H20O5. The molecule has 0 saturated heterocycles. The Morgan fingerprint density at radius 3 is 2.21 bits per heavy atom. The maximum absolute atomic E-state index is 12.3. The van der Waals surface area contributed by atoms with Crippen LogP contribution >= 0.6 is 0 Å². The molecule has 1 atom stereocenters. The lowest BCUT2D eigenvalue weighted by Gasteiger charge is -2.24. The van der Waals surface area contributed by atoms with Crippen LogP contribution in [-0.4, -0.2) is 37.4 Å². The van der Waals surface area contributed by atoms with Crippen molar-refractivity contribution >= 4 is 11.9 Å². The van der Waals surface area contributed by atoms with Gasteiger partial charge in [0.05, 0.1) is 20.6 Å². The molecule has 0 amide bonds. The molecule has 1 rings (SSSR count). The minimum absolute atomic E-state index is 0.166. The molecule has 0 aliphatic carbocycles. The molecule has 1 unspecified atom stereocenters. The first-order valence-corrected chi connectivity index (χ1v) is 8.29. The number of ether oxygens (including phenoxy) is 2. The maximum atomic E-state index is 12.3. The number of benzene rings is 1. The Balaban J connectivity index is 2.98. The van der Waals surface area contributed by atoms with Gasteiger partial charge in [0, 0.05) is 18.4 Å². The first-order chi connectivity index (χ1) is 13.5. The topological polar surface area (TPSA) is 72.8 Å². The fraction of sp³-hybridized carbons (Fsp3) is 0.304. The molecule has 0 radical (unpaired) electrons. The average Bonchev–Trinajstić information content (AvgIpc) is 2.74. The summed E-state index contributed by atoms with van der Waals surface area (Å²) in [5.41, 5.74) is -0.866. The van der Waals surface area contributed by atoms with E-state index in [0.717, 1.165) is 19.8 Å². The quantitative estimate of drug-likeness (QED) is 0.490. The molecule has 0 aliphatic rings. The smallest absolute Gasteiger partial charge is 0.325 e. The summed E-state index contributed by atoms with van der Waals surface area (Å²) in [7, 11) is 2.31. The Morgan fingerprint density at radius 2 is 1.64 bits per heavy atom. The number of aliphatic hydroxyl groups excluding tert-OH is 1. The lowest BCUT2D eigenvalue weighted by Crippen LogP contribution is -2.41. The molecule has 0 aromatic heterocycles. The van der Waals surface area contributed by atoms with Crippen molar-refractivity contribution in [2.75, 3.05) is 14.2 Å². The second-order valence-corrected chi connectivity index (χ2v) is 5.51. The van der Waals surface area contributed by atoms with Gasteiger partial charge in [-0.15, -0.1) is 12.3 Å². The van der Waals surface area contributed by atoms with Crippen LogP contribution in [-0.2, 0) is 19.1 Å². The largest absolute Gasteiger partial charge is 0.468 e. The minimum Gasteiger partial charge on any atom is -0.468 e. The normalized spacial score (nSPS) is 10.4. The van der Waals surface area contributed by atoms with Gasteiger partial charge in [-0.25, -0.2) is 0 Å². The van der Waals surface area contributed by atoms with Crippen LogP contribution in [0.25, 0.3) is 0 Å². The van der Waals surface area contributed by atoms with Gasteiger partial charge in [-0.05, 0) is 12.1 Å². The molecular weight excluding hydrogens is 356 g/mol. The Kier molecular flexibility index (Phi) is 9.50. The number of terminal acetylenes is 1. The number of methoxy groups -OCH3 is 2. The zero-order chi connectivity index (χ0) is 20.8. The van der Waals surface area contributed by atoms with Gasteiger partial charge in [0.1, 0.15) is 0 Å². The van der Waals surface area contributed by atoms with Crippen molar-refractivity contribution in [3.63, 3.8) is 0 Å². The first-order valence-electron chi connectivity index (χ1n) is 8.29. The van der Waals surface area contributed by atoms with Crippen molar-refractivity contribution in [2.45, 2.75) is 25.4 Å². The number of hydrogen-bond donors (Lipinski definition) is 1. The predicted octanol–water partition coefficient (Wildman–Crippen LogP) is 1.54. The summed E-state index contributed by atoms with van der Waals surface area (Å²) in [6.45, 7) is 0. The summed E-state index contributed by atoms with van der Waals surface area (Å²) in [4.78, 5) is 24.6. The van der Waals surface area contributed by atoms with Crippen molar-refractivity contribution in [3.8, 4) is 47.9 Å². The van der Waals surface area contributed by atoms with Crippen molar-refractivity contribution in [1.82, 2.24) is 0 Å². The van der Waals surface area contributed by atoms with Gasteiger partial charge < -0.3 is 14.6 Å². The van der Waals surface area contributed by atoms with E-state index in [1.165, 1.54) is 0 Å². The second-order valence-electron chi connectivity index (χ2n) is 5.51. The molecule has 0 aliphatic heterocycles. The molecule has 0 bridgehead atoms. The van der Waals surface area contributed by atoms with Crippen LogP contribution in [0.1, 0.15) is 24.8 Å². The van der Waals surface area contributed by atoms with Gasteiger partial charge in [0.25, 0.3) is 0 Å². The standard InChI is InChI=1S/C23H20O5/c1-4-20(24)16-12-18-23(21(25)27-2,22(26)28-3)17-11-6-5-8-13-19-14-9-7-10-15-19/h1,7,9-10,14-15,20,24H,5,17-18H2,2-3H3. The Hall–Kier alpha value is -3.64. The van der Waals surface area contributed by atoms with Crippen LogP contribution in [0, 0.1) is 53.3 Å². The SMILES string of the molecule is C#CC(O)C#CCC(CC#CCC#Cc1ccccc1)(C(=O)OC)C(=O)OC. The second kappa shape index (κ2) is 11.9. The third kappa shape index (κ3) is 6.59. The van der Waals surface area contributed by atoms with Crippen molar-refractivity contribution in [2.24, 2.45) is 5.41 Å². The van der Waals surface area contributed by atoms with Crippen molar-refractivity contribution in [3.05, 3.63) is 35.9 Å². The summed E-state index contributed by atoms with van der Waals surface area (Å²) in [6, 6.07) is 9.42. The van der Waals surface area contributed by atoms with Crippen molar-refractivity contribution < 1.29 is 24.2 Å². The van der Waals surface area contributed by atoms with E-state index in [9.17, 15) is 14.7 Å². The van der Waals surface area contributed by atoms with Crippen LogP contribution < -0.4 is 0 Å². The maximum Gasteiger partial charge on any atom is 0.325 e. The fourth-order valence-electron chi connectivity index (χ4n) is 2.15. The van der Waals surface area contributed by atoms with Gasteiger partial charge in [0.2, 0.25) is 0 Å². The molecule has 5 nitrogen and oxygen atoms in total. The Morgan fingerprint density at radius 1 is 1.04 bits per heavy atom. The van der Waals surface area contributed by atoms with E-state index in [0.29, 0.717) is 0 Å². The lowest BCUT2D eigenvalue weighted by molar-refractivity contribution is -0.168. The number of hydrogen-bond acceptors (Lipinski definition) is 5. The van der Waals surface area contributed by atoms with E-state index in [4.69, 9.17) is 15.9 Å². The summed E-state index contributed by atoms with van der Waals surface area (Å²) < 4.78 is 9.50. The molecule has 1 N–H and O–H groups in total. The summed E-state index contributed by atoms with van der Waals surface area (Å²) in [6.07, 6.45) is 3.58. The lowest BCUT2D eigenvalue weighted by atomic mass is 9.81. The van der Waals surface area contributed by atoms with Gasteiger partial charge in [-0.1, -0.05) is 53.7 Å². The number of aliphatic hydroxyl groups is 1. The highest BCUT2D eigenvalue weighted by atomic mass is 16.5. The fourth-order valence-corrected chi connectivity index (χ4v) is 2.15. The highest BCUT2D eigenvalue weighted by molar-refractivity contribution is 6.00. The number of carbonyl (C=O) groups is 2. The molecule has 142 valence electrons. The number of carbonyl (C=O) groups excluding carboxylic acids is 2. The predicted molar refractivity (Wildman–Crippen MR) is 104 cm³/mol. The molecule has 28 heavy (non-hydrogen) atoms. The highest BCUT2D eigenvalue weighted by Gasteiger charge is 2.47. The van der Waals surface area contributed by atoms with E-state index in [-0.39, 0.29) is 19.3 Å². The molecule has 0 spiro atoms. The molecule has 0 saturated carbocycles. The zero-order valence-corrected chi connectivity index (χ0v) is 15.7. The molecule has 5 heteroatoms. The number of rotatable bonds is 4. The minimum atomic E-state index is -1.73. The third-order valence-corrected chi connectivity index (χ3v) is 3.64. The van der Waals surface area contributed by atoms with Gasteiger partial charge in [0.15, 0.2) is 11.5 Å². The van der Waals surface area contributed by atoms with E-state index < -0.39 is 23.5 Å². The van der Waals surface area contributed by atoms with Gasteiger partial charge in [-0.2, -0.15) is 0 Å². The van der Waals surface area contributed by atoms with E-state index in [2.05, 4.69) is 35.5 Å². The monoisotopic (exact) mass is 376 g/mol. The van der Waals surface area contributed by atoms with Crippen LogP contribution in [0.15, 0.2) is 30.3 Å². The van der Waals surface area contributed by atoms with E-state index in [1.54, 1.807) is 0 Å². The summed E-state index contributed by atoms with van der Waals surface area (Å²) in [5, 5.41) is 9.33. The molecule has 1 aromatic rings. The van der Waals surface area contributed by atoms with Crippen LogP contribution in [0.5, 0.6) is 0 Å². The summed E-state index contributed by atoms with van der Waals surface area (Å²) in [5.74, 6) is 16.7. The molecule has 1 aromatic carbocycles. The molecule has 0 fully saturated rings. The van der Waals surface area contributed by atoms with E-state index in [1.807, 2.05) is 36.3 Å². The number of esters is 2. The van der Waals surface area contributed by atoms with Crippen LogP contribution in [0.2, 0.25) is 0 Å². The van der Waals surface area contributed by atoms with Gasteiger partial charge >= 0.3 is 11.9 Å². The Bertz CT molecular complexity index is 889. The molecule has 0 heterocycles. The first kappa shape index (κ1) is 22.4. The van der Waals surface area contributed by atoms with Crippen molar-refractivity contribution in [1.29, 1.82) is 0 Å².